The molecule has 1 aliphatic rings. The Morgan fingerprint density at radius 2 is 1.09 bits per heavy atom. The molecule has 0 bridgehead atoms. The average molecular weight is 554 g/mol. The minimum Gasteiger partial charge on any atom is -0.259 e. The first-order chi connectivity index (χ1) is 21.1. The van der Waals surface area contributed by atoms with Crippen LogP contribution in [0.15, 0.2) is 128 Å². The Kier molecular flexibility index (Phi) is 5.73. The maximum atomic E-state index is 5.34. The molecule has 7 aromatic rings. The van der Waals surface area contributed by atoms with Crippen LogP contribution in [0.1, 0.15) is 25.2 Å². The van der Waals surface area contributed by atoms with E-state index in [4.69, 9.17) is 19.9 Å². The molecule has 0 N–H and O–H groups in total. The van der Waals surface area contributed by atoms with Gasteiger partial charge >= 0.3 is 0 Å². The van der Waals surface area contributed by atoms with Gasteiger partial charge in [-0.2, -0.15) is 0 Å². The quantitative estimate of drug-likeness (QED) is 0.218. The van der Waals surface area contributed by atoms with E-state index in [9.17, 15) is 0 Å². The molecule has 5 heteroatoms. The summed E-state index contributed by atoms with van der Waals surface area (Å²) in [6, 6.07) is 39.2. The Balaban J connectivity index is 1.28. The number of nitrogens with zero attached hydrogens (tertiary/aromatic N) is 5. The molecule has 5 nitrogen and oxygen atoms in total. The molecule has 0 radical (unpaired) electrons. The van der Waals surface area contributed by atoms with Gasteiger partial charge in [-0.3, -0.25) is 4.98 Å². The van der Waals surface area contributed by atoms with Crippen molar-refractivity contribution in [3.63, 3.8) is 0 Å². The van der Waals surface area contributed by atoms with Gasteiger partial charge in [0, 0.05) is 45.6 Å². The van der Waals surface area contributed by atoms with Crippen molar-refractivity contribution in [2.45, 2.75) is 19.3 Å². The van der Waals surface area contributed by atoms with Crippen LogP contribution in [0.25, 0.3) is 67.2 Å². The SMILES string of the molecule is CC1(C)c2ncc(-c3ccc4cnc(-c5ccccc5)nc4c3)cc2-c2nc(-c3ccccc3)c(-c3ccccc3)nc21. The van der Waals surface area contributed by atoms with Crippen molar-refractivity contribution in [3.05, 3.63) is 139 Å². The summed E-state index contributed by atoms with van der Waals surface area (Å²) in [6.45, 7) is 4.38. The third-order valence-corrected chi connectivity index (χ3v) is 8.27. The molecule has 0 spiro atoms. The largest absolute Gasteiger partial charge is 0.259 e. The highest BCUT2D eigenvalue weighted by atomic mass is 14.9. The molecular formula is C38H27N5. The lowest BCUT2D eigenvalue weighted by Gasteiger charge is -2.20. The molecule has 8 rings (SSSR count). The van der Waals surface area contributed by atoms with E-state index in [2.05, 4.69) is 67.4 Å². The van der Waals surface area contributed by atoms with Crippen LogP contribution in [0.4, 0.5) is 0 Å². The van der Waals surface area contributed by atoms with Gasteiger partial charge in [0.2, 0.25) is 0 Å². The van der Waals surface area contributed by atoms with Crippen LogP contribution in [0, 0.1) is 0 Å². The molecule has 0 amide bonds. The molecule has 0 saturated heterocycles. The van der Waals surface area contributed by atoms with Crippen molar-refractivity contribution in [2.24, 2.45) is 0 Å². The maximum absolute atomic E-state index is 5.34. The van der Waals surface area contributed by atoms with Gasteiger partial charge in [0.15, 0.2) is 5.82 Å². The zero-order valence-corrected chi connectivity index (χ0v) is 23.9. The zero-order valence-electron chi connectivity index (χ0n) is 23.9. The summed E-state index contributed by atoms with van der Waals surface area (Å²) in [6.07, 6.45) is 3.85. The number of benzene rings is 4. The predicted octanol–water partition coefficient (Wildman–Crippen LogP) is 8.79. The monoisotopic (exact) mass is 553 g/mol. The summed E-state index contributed by atoms with van der Waals surface area (Å²) in [4.78, 5) is 25.2. The Hall–Kier alpha value is -5.55. The fourth-order valence-corrected chi connectivity index (χ4v) is 6.00. The molecule has 0 fully saturated rings. The highest BCUT2D eigenvalue weighted by Crippen LogP contribution is 2.48. The topological polar surface area (TPSA) is 64.5 Å². The first-order valence-electron chi connectivity index (χ1n) is 14.4. The molecule has 3 aromatic heterocycles. The first kappa shape index (κ1) is 25.2. The fraction of sp³-hybridized carbons (Fsp3) is 0.0789. The highest BCUT2D eigenvalue weighted by Gasteiger charge is 2.41. The molecule has 0 saturated carbocycles. The summed E-state index contributed by atoms with van der Waals surface area (Å²) in [5, 5.41) is 0.996. The first-order valence-corrected chi connectivity index (χ1v) is 14.4. The molecule has 4 aromatic carbocycles. The van der Waals surface area contributed by atoms with E-state index in [0.29, 0.717) is 5.82 Å². The Morgan fingerprint density at radius 3 is 1.77 bits per heavy atom. The molecule has 43 heavy (non-hydrogen) atoms. The lowest BCUT2D eigenvalue weighted by molar-refractivity contribution is 0.615. The van der Waals surface area contributed by atoms with Gasteiger partial charge in [-0.1, -0.05) is 103 Å². The fourth-order valence-electron chi connectivity index (χ4n) is 6.00. The van der Waals surface area contributed by atoms with Crippen LogP contribution in [-0.2, 0) is 5.41 Å². The second-order valence-electron chi connectivity index (χ2n) is 11.4. The van der Waals surface area contributed by atoms with Gasteiger partial charge in [0.25, 0.3) is 0 Å². The lowest BCUT2D eigenvalue weighted by Crippen LogP contribution is -2.19. The van der Waals surface area contributed by atoms with Crippen molar-refractivity contribution in [3.8, 4) is 56.3 Å². The Labute approximate surface area is 250 Å². The van der Waals surface area contributed by atoms with Crippen molar-refractivity contribution in [1.82, 2.24) is 24.9 Å². The van der Waals surface area contributed by atoms with Crippen LogP contribution >= 0.6 is 0 Å². The number of fused-ring (bicyclic) bond motifs is 4. The van der Waals surface area contributed by atoms with Crippen LogP contribution < -0.4 is 0 Å². The Morgan fingerprint density at radius 1 is 0.465 bits per heavy atom. The summed E-state index contributed by atoms with van der Waals surface area (Å²) in [5.41, 5.74) is 11.2. The smallest absolute Gasteiger partial charge is 0.159 e. The highest BCUT2D eigenvalue weighted by molar-refractivity contribution is 5.88. The third kappa shape index (κ3) is 4.20. The summed E-state index contributed by atoms with van der Waals surface area (Å²) in [7, 11) is 0. The van der Waals surface area contributed by atoms with E-state index in [1.165, 1.54) is 0 Å². The summed E-state index contributed by atoms with van der Waals surface area (Å²) >= 11 is 0. The van der Waals surface area contributed by atoms with Crippen LogP contribution in [0.5, 0.6) is 0 Å². The predicted molar refractivity (Wildman–Crippen MR) is 172 cm³/mol. The minimum atomic E-state index is -0.393. The van der Waals surface area contributed by atoms with Gasteiger partial charge in [0.1, 0.15) is 0 Å². The number of rotatable bonds is 4. The molecule has 0 atom stereocenters. The third-order valence-electron chi connectivity index (χ3n) is 8.27. The zero-order chi connectivity index (χ0) is 29.0. The standard InChI is InChI=1S/C38H27N5/c1-38(2)35-30(34-36(38)43-33(25-14-8-4-9-15-25)32(42-34)24-12-6-3-7-13-24)20-29(23-39-35)27-18-19-28-22-40-37(41-31(28)21-27)26-16-10-5-11-17-26/h3-23H,1-2H3. The summed E-state index contributed by atoms with van der Waals surface area (Å²) in [5.74, 6) is 0.714. The number of hydrogen-bond donors (Lipinski definition) is 0. The molecule has 0 aliphatic heterocycles. The molecule has 0 unspecified atom stereocenters. The minimum absolute atomic E-state index is 0.393. The average Bonchev–Trinajstić information content (AvgIpc) is 3.29. The van der Waals surface area contributed by atoms with Gasteiger partial charge in [-0.25, -0.2) is 19.9 Å². The van der Waals surface area contributed by atoms with Crippen molar-refractivity contribution < 1.29 is 0 Å². The lowest BCUT2D eigenvalue weighted by atomic mass is 9.88. The number of pyridine rings is 1. The van der Waals surface area contributed by atoms with E-state index >= 15 is 0 Å². The number of aromatic nitrogens is 5. The van der Waals surface area contributed by atoms with Crippen molar-refractivity contribution in [1.29, 1.82) is 0 Å². The van der Waals surface area contributed by atoms with Gasteiger partial charge in [0.05, 0.1) is 39.4 Å². The van der Waals surface area contributed by atoms with Gasteiger partial charge in [-0.15, -0.1) is 0 Å². The summed E-state index contributed by atoms with van der Waals surface area (Å²) < 4.78 is 0. The van der Waals surface area contributed by atoms with Crippen LogP contribution in [0.3, 0.4) is 0 Å². The van der Waals surface area contributed by atoms with E-state index in [0.717, 1.165) is 72.8 Å². The maximum Gasteiger partial charge on any atom is 0.159 e. The normalized spacial score (nSPS) is 13.1. The van der Waals surface area contributed by atoms with E-state index in [1.54, 1.807) is 0 Å². The number of hydrogen-bond acceptors (Lipinski definition) is 5. The Bertz CT molecular complexity index is 2140. The van der Waals surface area contributed by atoms with E-state index in [1.807, 2.05) is 79.1 Å². The van der Waals surface area contributed by atoms with Crippen LogP contribution in [-0.4, -0.2) is 24.9 Å². The molecule has 3 heterocycles. The second-order valence-corrected chi connectivity index (χ2v) is 11.4. The van der Waals surface area contributed by atoms with Crippen molar-refractivity contribution >= 4 is 10.9 Å². The van der Waals surface area contributed by atoms with Gasteiger partial charge in [-0.05, 0) is 31.5 Å². The van der Waals surface area contributed by atoms with E-state index in [-0.39, 0.29) is 0 Å². The molecule has 1 aliphatic carbocycles. The molecule has 204 valence electrons. The molecular weight excluding hydrogens is 526 g/mol. The van der Waals surface area contributed by atoms with Crippen molar-refractivity contribution in [2.75, 3.05) is 0 Å². The van der Waals surface area contributed by atoms with Gasteiger partial charge < -0.3 is 0 Å². The van der Waals surface area contributed by atoms with E-state index < -0.39 is 5.41 Å². The van der Waals surface area contributed by atoms with Crippen LogP contribution in [0.2, 0.25) is 0 Å². The second kappa shape index (κ2) is 9.78.